The summed E-state index contributed by atoms with van der Waals surface area (Å²) >= 11 is 0. The van der Waals surface area contributed by atoms with Crippen molar-refractivity contribution in [3.8, 4) is 0 Å². The molecular formula is C25H53N3O6. The zero-order valence-electron chi connectivity index (χ0n) is 23.4. The van der Waals surface area contributed by atoms with Crippen LogP contribution in [0.3, 0.4) is 0 Å². The fourth-order valence-corrected chi connectivity index (χ4v) is 2.73. The molecule has 0 saturated carbocycles. The van der Waals surface area contributed by atoms with Crippen LogP contribution in [0.15, 0.2) is 0 Å². The number of aldehydes is 1. The number of nitrogens with one attached hydrogen (secondary N) is 3. The topological polar surface area (TPSA) is 123 Å². The fraction of sp³-hybridized carbons (Fsp3) is 0.840. The Hall–Kier alpha value is -2.00. The number of carbonyl (C=O) groups is 4. The van der Waals surface area contributed by atoms with E-state index in [-0.39, 0.29) is 23.9 Å². The van der Waals surface area contributed by atoms with Crippen molar-refractivity contribution in [2.75, 3.05) is 34.4 Å². The first kappa shape index (κ1) is 39.2. The van der Waals surface area contributed by atoms with Crippen LogP contribution in [0.5, 0.6) is 0 Å². The van der Waals surface area contributed by atoms with Gasteiger partial charge in [-0.3, -0.25) is 9.59 Å². The maximum atomic E-state index is 11.0. The zero-order valence-corrected chi connectivity index (χ0v) is 23.4. The van der Waals surface area contributed by atoms with E-state index in [1.807, 2.05) is 34.6 Å². The third-order valence-electron chi connectivity index (χ3n) is 4.76. The lowest BCUT2D eigenvalue weighted by Crippen LogP contribution is -2.36. The number of unbranched alkanes of at least 4 members (excludes halogenated alkanes) is 1. The Labute approximate surface area is 208 Å². The van der Waals surface area contributed by atoms with Gasteiger partial charge < -0.3 is 30.2 Å². The van der Waals surface area contributed by atoms with Crippen molar-refractivity contribution in [1.29, 1.82) is 0 Å². The summed E-state index contributed by atoms with van der Waals surface area (Å²) in [4.78, 5) is 42.0. The smallest absolute Gasteiger partial charge is 0.328 e. The summed E-state index contributed by atoms with van der Waals surface area (Å²) in [6.07, 6.45) is 6.03. The Kier molecular flexibility index (Phi) is 35.8. The van der Waals surface area contributed by atoms with Gasteiger partial charge in [-0.2, -0.15) is 0 Å². The molecular weight excluding hydrogens is 438 g/mol. The number of hydrogen-bond donors (Lipinski definition) is 3. The standard InChI is InChI=1S/C8H17NO2.C7H13NO3.C6H11NO.2C2H6/c1-4-5-6-7(9-2)8(10)11-3;1-3-4-6(8-5-9)7(10)11-2;1-5-2-7-3-6(5)4-8;2*1-2/h7,9H,4-6H2,1-3H3;5-6H,3-4H2,1-2H3,(H,8,9);4-7H,2-3H2,1H3;2*1-2H3/t;6-;5-,6?;;/m.00../s1. The van der Waals surface area contributed by atoms with Gasteiger partial charge in [-0.1, -0.05) is 67.7 Å². The second kappa shape index (κ2) is 31.0. The highest BCUT2D eigenvalue weighted by Gasteiger charge is 2.21. The predicted molar refractivity (Wildman–Crippen MR) is 139 cm³/mol. The van der Waals surface area contributed by atoms with E-state index in [0.29, 0.717) is 18.7 Å². The molecule has 2 unspecified atom stereocenters. The quantitative estimate of drug-likeness (QED) is 0.298. The van der Waals surface area contributed by atoms with E-state index in [1.54, 1.807) is 7.05 Å². The summed E-state index contributed by atoms with van der Waals surface area (Å²) in [5.41, 5.74) is 0. The molecule has 34 heavy (non-hydrogen) atoms. The average Bonchev–Trinajstić information content (AvgIpc) is 3.31. The Morgan fingerprint density at radius 3 is 1.76 bits per heavy atom. The maximum Gasteiger partial charge on any atom is 0.328 e. The summed E-state index contributed by atoms with van der Waals surface area (Å²) in [5.74, 6) is 0.266. The number of carbonyl (C=O) groups excluding carboxylic acids is 4. The molecule has 1 amide bonds. The third-order valence-corrected chi connectivity index (χ3v) is 4.76. The van der Waals surface area contributed by atoms with Crippen LogP contribution in [-0.2, 0) is 28.7 Å². The molecule has 0 aromatic heterocycles. The van der Waals surface area contributed by atoms with Crippen LogP contribution < -0.4 is 16.0 Å². The first-order valence-electron chi connectivity index (χ1n) is 12.5. The van der Waals surface area contributed by atoms with Gasteiger partial charge in [-0.05, 0) is 32.4 Å². The van der Waals surface area contributed by atoms with Crippen molar-refractivity contribution in [1.82, 2.24) is 16.0 Å². The first-order valence-corrected chi connectivity index (χ1v) is 12.5. The van der Waals surface area contributed by atoms with Gasteiger partial charge >= 0.3 is 11.9 Å². The maximum absolute atomic E-state index is 11.0. The van der Waals surface area contributed by atoms with Crippen molar-refractivity contribution in [2.24, 2.45) is 11.8 Å². The van der Waals surface area contributed by atoms with Crippen LogP contribution in [0.4, 0.5) is 0 Å². The van der Waals surface area contributed by atoms with Gasteiger partial charge in [0.15, 0.2) is 0 Å². The second-order valence-electron chi connectivity index (χ2n) is 7.09. The molecule has 1 aliphatic heterocycles. The molecule has 0 bridgehead atoms. The van der Waals surface area contributed by atoms with Gasteiger partial charge in [0.2, 0.25) is 6.41 Å². The minimum absolute atomic E-state index is 0.125. The fourth-order valence-electron chi connectivity index (χ4n) is 2.73. The van der Waals surface area contributed by atoms with E-state index in [0.717, 1.165) is 45.1 Å². The summed E-state index contributed by atoms with van der Waals surface area (Å²) in [5, 5.41) is 8.43. The highest BCUT2D eigenvalue weighted by atomic mass is 16.5. The lowest BCUT2D eigenvalue weighted by molar-refractivity contribution is -0.144. The number of hydrogen-bond acceptors (Lipinski definition) is 8. The van der Waals surface area contributed by atoms with Crippen molar-refractivity contribution >= 4 is 24.6 Å². The van der Waals surface area contributed by atoms with Gasteiger partial charge in [-0.15, -0.1) is 0 Å². The van der Waals surface area contributed by atoms with Gasteiger partial charge in [0, 0.05) is 12.5 Å². The molecule has 1 aliphatic rings. The number of likely N-dealkylation sites (N-methyl/N-ethyl adjacent to an activating group) is 1. The molecule has 4 atom stereocenters. The monoisotopic (exact) mass is 491 g/mol. The zero-order chi connectivity index (χ0) is 27.4. The number of ether oxygens (including phenoxy) is 2. The van der Waals surface area contributed by atoms with Crippen LogP contribution in [0, 0.1) is 11.8 Å². The third kappa shape index (κ3) is 21.8. The van der Waals surface area contributed by atoms with Gasteiger partial charge in [0.1, 0.15) is 18.4 Å². The van der Waals surface area contributed by atoms with E-state index in [1.165, 1.54) is 14.2 Å². The largest absolute Gasteiger partial charge is 0.468 e. The summed E-state index contributed by atoms with van der Waals surface area (Å²) in [6.45, 7) is 16.0. The minimum Gasteiger partial charge on any atom is -0.468 e. The summed E-state index contributed by atoms with van der Waals surface area (Å²) in [7, 11) is 4.49. The molecule has 204 valence electrons. The van der Waals surface area contributed by atoms with Crippen LogP contribution in [-0.4, -0.2) is 71.1 Å². The lowest BCUT2D eigenvalue weighted by atomic mass is 10.0. The molecule has 0 radical (unpaired) electrons. The number of esters is 2. The molecule has 0 spiro atoms. The number of methoxy groups -OCH3 is 2. The lowest BCUT2D eigenvalue weighted by Gasteiger charge is -2.11. The molecule has 9 heteroatoms. The summed E-state index contributed by atoms with van der Waals surface area (Å²) < 4.78 is 9.06. The molecule has 1 rings (SSSR count). The molecule has 1 heterocycles. The number of rotatable bonds is 11. The van der Waals surface area contributed by atoms with E-state index in [4.69, 9.17) is 0 Å². The minimum atomic E-state index is -0.484. The highest BCUT2D eigenvalue weighted by Crippen LogP contribution is 2.11. The van der Waals surface area contributed by atoms with E-state index in [2.05, 4.69) is 39.3 Å². The predicted octanol–water partition coefficient (Wildman–Crippen LogP) is 3.10. The average molecular weight is 492 g/mol. The second-order valence-corrected chi connectivity index (χ2v) is 7.09. The van der Waals surface area contributed by atoms with Gasteiger partial charge in [0.25, 0.3) is 0 Å². The van der Waals surface area contributed by atoms with Gasteiger partial charge in [0.05, 0.1) is 14.2 Å². The first-order chi connectivity index (χ1) is 16.4. The molecule has 0 aromatic carbocycles. The Morgan fingerprint density at radius 1 is 0.941 bits per heavy atom. The number of amides is 1. The Bertz CT molecular complexity index is 478. The molecule has 1 fully saturated rings. The van der Waals surface area contributed by atoms with Crippen LogP contribution in [0.1, 0.15) is 80.6 Å². The van der Waals surface area contributed by atoms with Gasteiger partial charge in [-0.25, -0.2) is 4.79 Å². The van der Waals surface area contributed by atoms with E-state index in [9.17, 15) is 19.2 Å². The molecule has 0 aromatic rings. The van der Waals surface area contributed by atoms with Crippen molar-refractivity contribution in [3.05, 3.63) is 0 Å². The van der Waals surface area contributed by atoms with Crippen molar-refractivity contribution < 1.29 is 28.7 Å². The highest BCUT2D eigenvalue weighted by molar-refractivity contribution is 5.78. The van der Waals surface area contributed by atoms with Crippen LogP contribution in [0.2, 0.25) is 0 Å². The molecule has 9 nitrogen and oxygen atoms in total. The van der Waals surface area contributed by atoms with E-state index < -0.39 is 6.04 Å². The normalized spacial score (nSPS) is 17.1. The summed E-state index contributed by atoms with van der Waals surface area (Å²) in [6, 6.07) is -0.609. The van der Waals surface area contributed by atoms with Crippen molar-refractivity contribution in [2.45, 2.75) is 92.7 Å². The molecule has 3 N–H and O–H groups in total. The SMILES string of the molecule is CC.CC.CCCCC(NC)C(=O)OC.CCC[C@H](NC=O)C(=O)OC.C[C@H]1CNCC1C=O. The van der Waals surface area contributed by atoms with Crippen LogP contribution >= 0.6 is 0 Å². The Balaban J connectivity index is -0.000000186. The van der Waals surface area contributed by atoms with Crippen LogP contribution in [0.25, 0.3) is 0 Å². The Morgan fingerprint density at radius 2 is 1.47 bits per heavy atom. The van der Waals surface area contributed by atoms with Crippen molar-refractivity contribution in [3.63, 3.8) is 0 Å². The molecule has 1 saturated heterocycles. The van der Waals surface area contributed by atoms with E-state index >= 15 is 0 Å². The molecule has 0 aliphatic carbocycles.